The molecule has 29 heavy (non-hydrogen) atoms. The number of aryl methyl sites for hydroxylation is 1. The molecule has 0 aliphatic rings. The molecule has 3 aromatic carbocycles. The summed E-state index contributed by atoms with van der Waals surface area (Å²) in [4.78, 5) is 0. The molecule has 0 aliphatic heterocycles. The van der Waals surface area contributed by atoms with Gasteiger partial charge in [-0.3, -0.25) is 5.41 Å². The molecule has 5 rings (SSSR count). The number of rotatable bonds is 4. The van der Waals surface area contributed by atoms with Crippen LogP contribution in [0, 0.1) is 12.3 Å². The van der Waals surface area contributed by atoms with Gasteiger partial charge in [-0.2, -0.15) is 0 Å². The van der Waals surface area contributed by atoms with Crippen molar-refractivity contribution in [3.8, 4) is 11.6 Å². The van der Waals surface area contributed by atoms with Crippen molar-refractivity contribution in [3.05, 3.63) is 83.7 Å². The predicted molar refractivity (Wildman–Crippen MR) is 114 cm³/mol. The van der Waals surface area contributed by atoms with Crippen molar-refractivity contribution in [1.29, 1.82) is 5.41 Å². The normalized spacial score (nSPS) is 11.3. The van der Waals surface area contributed by atoms with E-state index < -0.39 is 0 Å². The zero-order chi connectivity index (χ0) is 20.0. The monoisotopic (exact) mass is 381 g/mol. The third-order valence-electron chi connectivity index (χ3n) is 5.17. The average Bonchev–Trinajstić information content (AvgIpc) is 3.31. The van der Waals surface area contributed by atoms with E-state index in [9.17, 15) is 0 Å². The number of hydrogen-bond donors (Lipinski definition) is 2. The van der Waals surface area contributed by atoms with Crippen LogP contribution in [0.4, 0.5) is 0 Å². The summed E-state index contributed by atoms with van der Waals surface area (Å²) in [6.45, 7) is 2.41. The van der Waals surface area contributed by atoms with Crippen LogP contribution in [0.25, 0.3) is 33.3 Å². The number of hydrogen-bond acceptors (Lipinski definition) is 4. The maximum absolute atomic E-state index is 7.81. The van der Waals surface area contributed by atoms with Crippen molar-refractivity contribution in [3.63, 3.8) is 0 Å². The lowest BCUT2D eigenvalue weighted by Gasteiger charge is -2.12. The zero-order valence-electron chi connectivity index (χ0n) is 15.9. The fourth-order valence-electron chi connectivity index (χ4n) is 3.77. The van der Waals surface area contributed by atoms with Crippen molar-refractivity contribution in [1.82, 2.24) is 14.8 Å². The van der Waals surface area contributed by atoms with Gasteiger partial charge in [0.25, 0.3) is 5.89 Å². The summed E-state index contributed by atoms with van der Waals surface area (Å²) in [5.74, 6) is 1.04. The second-order valence-electron chi connectivity index (χ2n) is 7.07. The SMILES string of the molecule is Cc1nnc(-c2cc3ccc(C(=N)N)cc3n2Cc2cccc3ccccc23)o1. The first-order valence-electron chi connectivity index (χ1n) is 9.35. The Bertz CT molecular complexity index is 1370. The van der Waals surface area contributed by atoms with Crippen molar-refractivity contribution >= 4 is 27.5 Å². The van der Waals surface area contributed by atoms with Crippen LogP contribution in [0.5, 0.6) is 0 Å². The molecule has 0 fully saturated rings. The van der Waals surface area contributed by atoms with Gasteiger partial charge in [-0.05, 0) is 28.5 Å². The minimum atomic E-state index is 0.0417. The Balaban J connectivity index is 1.75. The van der Waals surface area contributed by atoms with Crippen molar-refractivity contribution in [2.75, 3.05) is 0 Å². The molecule has 0 radical (unpaired) electrons. The van der Waals surface area contributed by atoms with Crippen LogP contribution in [0.3, 0.4) is 0 Å². The second kappa shape index (κ2) is 6.60. The quantitative estimate of drug-likeness (QED) is 0.354. The number of fused-ring (bicyclic) bond motifs is 2. The molecule has 0 amide bonds. The molecule has 6 heteroatoms. The van der Waals surface area contributed by atoms with Gasteiger partial charge < -0.3 is 14.7 Å². The lowest BCUT2D eigenvalue weighted by atomic mass is 10.0. The molecular formula is C23H19N5O. The average molecular weight is 381 g/mol. The topological polar surface area (TPSA) is 93.7 Å². The Morgan fingerprint density at radius 3 is 2.62 bits per heavy atom. The van der Waals surface area contributed by atoms with Gasteiger partial charge in [0.2, 0.25) is 5.89 Å². The van der Waals surface area contributed by atoms with Crippen LogP contribution in [0.2, 0.25) is 0 Å². The summed E-state index contributed by atoms with van der Waals surface area (Å²) >= 11 is 0. The number of nitrogen functional groups attached to an aromatic ring is 1. The molecular weight excluding hydrogens is 362 g/mol. The van der Waals surface area contributed by atoms with E-state index in [1.165, 1.54) is 16.3 Å². The zero-order valence-corrected chi connectivity index (χ0v) is 15.9. The van der Waals surface area contributed by atoms with Crippen LogP contribution < -0.4 is 5.73 Å². The molecule has 0 unspecified atom stereocenters. The minimum Gasteiger partial charge on any atom is -0.420 e. The van der Waals surface area contributed by atoms with Gasteiger partial charge in [-0.15, -0.1) is 10.2 Å². The maximum atomic E-state index is 7.81. The van der Waals surface area contributed by atoms with E-state index in [1.807, 2.05) is 30.3 Å². The smallest absolute Gasteiger partial charge is 0.264 e. The van der Waals surface area contributed by atoms with Crippen LogP contribution >= 0.6 is 0 Å². The third-order valence-corrected chi connectivity index (χ3v) is 5.17. The highest BCUT2D eigenvalue weighted by Gasteiger charge is 2.17. The fourth-order valence-corrected chi connectivity index (χ4v) is 3.77. The molecule has 0 saturated heterocycles. The van der Waals surface area contributed by atoms with Gasteiger partial charge in [0.05, 0.1) is 0 Å². The van der Waals surface area contributed by atoms with Gasteiger partial charge in [-0.25, -0.2) is 0 Å². The van der Waals surface area contributed by atoms with Crippen molar-refractivity contribution in [2.24, 2.45) is 5.73 Å². The standard InChI is InChI=1S/C23H19N5O/c1-14-26-27-23(29-14)21-11-16-9-10-17(22(24)25)12-20(16)28(21)13-18-7-4-6-15-5-2-3-8-19(15)18/h2-12H,13H2,1H3,(H3,24,25). The highest BCUT2D eigenvalue weighted by atomic mass is 16.4. The Morgan fingerprint density at radius 2 is 1.83 bits per heavy atom. The summed E-state index contributed by atoms with van der Waals surface area (Å²) in [7, 11) is 0. The Labute approximate surface area is 167 Å². The molecule has 5 aromatic rings. The van der Waals surface area contributed by atoms with Crippen LogP contribution in [0.15, 0.2) is 71.1 Å². The molecule has 0 spiro atoms. The van der Waals surface area contributed by atoms with E-state index in [0.717, 1.165) is 16.6 Å². The lowest BCUT2D eigenvalue weighted by Crippen LogP contribution is -2.11. The van der Waals surface area contributed by atoms with Crippen LogP contribution in [-0.4, -0.2) is 20.6 Å². The van der Waals surface area contributed by atoms with E-state index in [-0.39, 0.29) is 5.84 Å². The fraction of sp³-hybridized carbons (Fsp3) is 0.0870. The third kappa shape index (κ3) is 2.95. The number of benzene rings is 3. The van der Waals surface area contributed by atoms with E-state index in [4.69, 9.17) is 15.6 Å². The molecule has 0 aliphatic carbocycles. The van der Waals surface area contributed by atoms with E-state index >= 15 is 0 Å². The second-order valence-corrected chi connectivity index (χ2v) is 7.07. The van der Waals surface area contributed by atoms with Gasteiger partial charge in [0.15, 0.2) is 0 Å². The minimum absolute atomic E-state index is 0.0417. The first-order valence-corrected chi connectivity index (χ1v) is 9.35. The first-order chi connectivity index (χ1) is 14.1. The highest BCUT2D eigenvalue weighted by Crippen LogP contribution is 2.30. The van der Waals surface area contributed by atoms with E-state index in [2.05, 4.69) is 51.2 Å². The van der Waals surface area contributed by atoms with Gasteiger partial charge in [0, 0.05) is 29.9 Å². The van der Waals surface area contributed by atoms with Gasteiger partial charge >= 0.3 is 0 Å². The number of aromatic nitrogens is 3. The first kappa shape index (κ1) is 17.2. The lowest BCUT2D eigenvalue weighted by molar-refractivity contribution is 0.528. The molecule has 142 valence electrons. The number of nitrogens with zero attached hydrogens (tertiary/aromatic N) is 3. The number of nitrogens with one attached hydrogen (secondary N) is 1. The summed E-state index contributed by atoms with van der Waals surface area (Å²) in [6, 6.07) is 22.5. The van der Waals surface area contributed by atoms with Gasteiger partial charge in [0.1, 0.15) is 11.5 Å². The molecule has 6 nitrogen and oxygen atoms in total. The molecule has 2 aromatic heterocycles. The summed E-state index contributed by atoms with van der Waals surface area (Å²) in [5.41, 5.74) is 9.42. The van der Waals surface area contributed by atoms with E-state index in [0.29, 0.717) is 23.9 Å². The maximum Gasteiger partial charge on any atom is 0.264 e. The summed E-state index contributed by atoms with van der Waals surface area (Å²) in [5, 5.41) is 19.5. The number of amidine groups is 1. The largest absolute Gasteiger partial charge is 0.420 e. The molecule has 0 saturated carbocycles. The van der Waals surface area contributed by atoms with E-state index in [1.54, 1.807) is 6.92 Å². The Morgan fingerprint density at radius 1 is 1.00 bits per heavy atom. The molecule has 3 N–H and O–H groups in total. The number of nitrogens with two attached hydrogens (primary N) is 1. The van der Waals surface area contributed by atoms with Gasteiger partial charge in [-0.1, -0.05) is 54.6 Å². The Hall–Kier alpha value is -3.93. The molecule has 2 heterocycles. The Kier molecular flexibility index (Phi) is 3.91. The van der Waals surface area contributed by atoms with Crippen LogP contribution in [-0.2, 0) is 6.54 Å². The summed E-state index contributed by atoms with van der Waals surface area (Å²) < 4.78 is 7.88. The predicted octanol–water partition coefficient (Wildman–Crippen LogP) is 4.49. The molecule has 0 atom stereocenters. The molecule has 0 bridgehead atoms. The van der Waals surface area contributed by atoms with Crippen LogP contribution in [0.1, 0.15) is 17.0 Å². The summed E-state index contributed by atoms with van der Waals surface area (Å²) in [6.07, 6.45) is 0. The van der Waals surface area contributed by atoms with Crippen molar-refractivity contribution < 1.29 is 4.42 Å². The highest BCUT2D eigenvalue weighted by molar-refractivity contribution is 5.99. The van der Waals surface area contributed by atoms with Crippen molar-refractivity contribution in [2.45, 2.75) is 13.5 Å².